The fourth-order valence-electron chi connectivity index (χ4n) is 1.58. The molecule has 0 bridgehead atoms. The summed E-state index contributed by atoms with van der Waals surface area (Å²) in [6.45, 7) is 4.57. The first-order valence-electron chi connectivity index (χ1n) is 3.71. The van der Waals surface area contributed by atoms with Crippen LogP contribution in [0.15, 0.2) is 4.99 Å². The van der Waals surface area contributed by atoms with Crippen LogP contribution in [0.3, 0.4) is 0 Å². The van der Waals surface area contributed by atoms with Crippen LogP contribution in [-0.4, -0.2) is 11.2 Å². The molecule has 1 nitrogen and oxygen atoms in total. The second-order valence-electron chi connectivity index (χ2n) is 3.78. The largest absolute Gasteiger partial charge is 0.229 e. The third-order valence-electron chi connectivity index (χ3n) is 2.18. The zero-order chi connectivity index (χ0) is 7.61. The summed E-state index contributed by atoms with van der Waals surface area (Å²) in [7, 11) is 0. The van der Waals surface area contributed by atoms with Gasteiger partial charge < -0.3 is 0 Å². The van der Waals surface area contributed by atoms with E-state index in [1.807, 2.05) is 0 Å². The van der Waals surface area contributed by atoms with Crippen molar-refractivity contribution in [3.05, 3.63) is 0 Å². The standard InChI is InChI=1S/C8H13NS/c1-8(2)4-3-7(5-8)9-6-10/h7H,3-5H2,1-2H3. The third-order valence-corrected chi connectivity index (χ3v) is 2.28. The summed E-state index contributed by atoms with van der Waals surface area (Å²) in [6.07, 6.45) is 3.64. The van der Waals surface area contributed by atoms with Crippen molar-refractivity contribution in [2.45, 2.75) is 39.2 Å². The van der Waals surface area contributed by atoms with Gasteiger partial charge in [0.25, 0.3) is 0 Å². The van der Waals surface area contributed by atoms with Gasteiger partial charge in [-0.2, -0.15) is 0 Å². The highest BCUT2D eigenvalue weighted by Gasteiger charge is 2.30. The van der Waals surface area contributed by atoms with Gasteiger partial charge in [0.05, 0.1) is 11.2 Å². The molecule has 0 spiro atoms. The zero-order valence-electron chi connectivity index (χ0n) is 6.55. The van der Waals surface area contributed by atoms with Crippen LogP contribution in [0.4, 0.5) is 0 Å². The fraction of sp³-hybridized carbons (Fsp3) is 0.875. The molecule has 56 valence electrons. The summed E-state index contributed by atoms with van der Waals surface area (Å²) in [4.78, 5) is 4.08. The predicted molar refractivity (Wildman–Crippen MR) is 46.4 cm³/mol. The van der Waals surface area contributed by atoms with Crippen LogP contribution in [0.25, 0.3) is 0 Å². The lowest BCUT2D eigenvalue weighted by Crippen LogP contribution is -2.06. The maximum Gasteiger partial charge on any atom is 0.0608 e. The summed E-state index contributed by atoms with van der Waals surface area (Å²) in [5.74, 6) is 0. The molecule has 0 amide bonds. The van der Waals surface area contributed by atoms with Gasteiger partial charge in [-0.3, -0.25) is 0 Å². The predicted octanol–water partition coefficient (Wildman–Crippen LogP) is 2.67. The lowest BCUT2D eigenvalue weighted by atomic mass is 9.92. The summed E-state index contributed by atoms with van der Waals surface area (Å²) in [5, 5.41) is 2.46. The van der Waals surface area contributed by atoms with Crippen molar-refractivity contribution in [3.63, 3.8) is 0 Å². The number of nitrogens with zero attached hydrogens (tertiary/aromatic N) is 1. The Balaban J connectivity index is 2.51. The maximum absolute atomic E-state index is 4.55. The molecule has 1 atom stereocenters. The van der Waals surface area contributed by atoms with Gasteiger partial charge >= 0.3 is 0 Å². The van der Waals surface area contributed by atoms with Gasteiger partial charge in [-0.15, -0.1) is 0 Å². The molecular weight excluding hydrogens is 142 g/mol. The molecule has 0 aromatic carbocycles. The Kier molecular flexibility index (Phi) is 2.22. The summed E-state index contributed by atoms with van der Waals surface area (Å²) in [6, 6.07) is 0.465. The molecule has 2 heteroatoms. The van der Waals surface area contributed by atoms with Gasteiger partial charge in [0, 0.05) is 0 Å². The number of rotatable bonds is 1. The molecule has 1 unspecified atom stereocenters. The molecule has 0 aliphatic heterocycles. The Labute approximate surface area is 67.5 Å². The number of aliphatic imine (C=N–C) groups is 1. The minimum atomic E-state index is 0.465. The average molecular weight is 155 g/mol. The lowest BCUT2D eigenvalue weighted by molar-refractivity contribution is 0.376. The fourth-order valence-corrected chi connectivity index (χ4v) is 1.73. The van der Waals surface area contributed by atoms with Gasteiger partial charge in [0.2, 0.25) is 0 Å². The third kappa shape index (κ3) is 1.89. The SMILES string of the molecule is CC1(C)CCC(N=C=S)C1. The van der Waals surface area contributed by atoms with Crippen molar-refractivity contribution < 1.29 is 0 Å². The van der Waals surface area contributed by atoms with Crippen LogP contribution in [0, 0.1) is 5.41 Å². The Morgan fingerprint density at radius 1 is 1.60 bits per heavy atom. The molecule has 1 aliphatic rings. The molecule has 0 heterocycles. The van der Waals surface area contributed by atoms with Crippen LogP contribution in [-0.2, 0) is 0 Å². The Morgan fingerprint density at radius 3 is 2.70 bits per heavy atom. The highest BCUT2D eigenvalue weighted by Crippen LogP contribution is 2.38. The molecule has 0 aromatic rings. The van der Waals surface area contributed by atoms with Crippen LogP contribution < -0.4 is 0 Å². The molecule has 1 saturated carbocycles. The first kappa shape index (κ1) is 7.90. The van der Waals surface area contributed by atoms with Gasteiger partial charge in [-0.05, 0) is 36.9 Å². The topological polar surface area (TPSA) is 12.4 Å². The average Bonchev–Trinajstić information content (AvgIpc) is 2.12. The molecule has 1 aliphatic carbocycles. The highest BCUT2D eigenvalue weighted by molar-refractivity contribution is 7.78. The molecule has 10 heavy (non-hydrogen) atoms. The van der Waals surface area contributed by atoms with E-state index < -0.39 is 0 Å². The maximum atomic E-state index is 4.55. The van der Waals surface area contributed by atoms with Crippen LogP contribution in [0.5, 0.6) is 0 Å². The molecule has 0 saturated heterocycles. The Morgan fingerprint density at radius 2 is 2.30 bits per heavy atom. The molecule has 0 N–H and O–H groups in total. The van der Waals surface area contributed by atoms with Gasteiger partial charge in [0.1, 0.15) is 0 Å². The van der Waals surface area contributed by atoms with E-state index in [-0.39, 0.29) is 0 Å². The summed E-state index contributed by atoms with van der Waals surface area (Å²) < 4.78 is 0. The Hall–Kier alpha value is -0.200. The Bertz CT molecular complexity index is 168. The van der Waals surface area contributed by atoms with E-state index in [1.165, 1.54) is 19.3 Å². The number of thiocarbonyl (C=S) groups is 1. The minimum Gasteiger partial charge on any atom is -0.229 e. The summed E-state index contributed by atoms with van der Waals surface area (Å²) in [5.41, 5.74) is 0.486. The van der Waals surface area contributed by atoms with Gasteiger partial charge in [-0.1, -0.05) is 13.8 Å². The van der Waals surface area contributed by atoms with E-state index in [9.17, 15) is 0 Å². The molecule has 1 fully saturated rings. The normalized spacial score (nSPS) is 29.6. The quantitative estimate of drug-likeness (QED) is 0.419. The van der Waals surface area contributed by atoms with Crippen molar-refractivity contribution in [2.75, 3.05) is 0 Å². The van der Waals surface area contributed by atoms with E-state index in [0.717, 1.165) is 0 Å². The number of isothiocyanates is 1. The molecule has 0 radical (unpaired) electrons. The van der Waals surface area contributed by atoms with Crippen molar-refractivity contribution in [3.8, 4) is 0 Å². The van der Waals surface area contributed by atoms with E-state index in [4.69, 9.17) is 0 Å². The highest BCUT2D eigenvalue weighted by atomic mass is 32.1. The van der Waals surface area contributed by atoms with Gasteiger partial charge in [0.15, 0.2) is 0 Å². The van der Waals surface area contributed by atoms with E-state index in [0.29, 0.717) is 11.5 Å². The van der Waals surface area contributed by atoms with Crippen LogP contribution >= 0.6 is 12.2 Å². The van der Waals surface area contributed by atoms with Gasteiger partial charge in [-0.25, -0.2) is 4.99 Å². The first-order valence-corrected chi connectivity index (χ1v) is 4.12. The number of hydrogen-bond acceptors (Lipinski definition) is 2. The van der Waals surface area contributed by atoms with Crippen molar-refractivity contribution in [1.82, 2.24) is 0 Å². The van der Waals surface area contributed by atoms with Crippen molar-refractivity contribution in [2.24, 2.45) is 10.4 Å². The van der Waals surface area contributed by atoms with Crippen LogP contribution in [0.1, 0.15) is 33.1 Å². The second-order valence-corrected chi connectivity index (χ2v) is 3.96. The minimum absolute atomic E-state index is 0.465. The van der Waals surface area contributed by atoms with Crippen molar-refractivity contribution in [1.29, 1.82) is 0 Å². The van der Waals surface area contributed by atoms with Crippen LogP contribution in [0.2, 0.25) is 0 Å². The smallest absolute Gasteiger partial charge is 0.0608 e. The second kappa shape index (κ2) is 2.81. The molecule has 1 rings (SSSR count). The zero-order valence-corrected chi connectivity index (χ0v) is 7.37. The number of hydrogen-bond donors (Lipinski definition) is 0. The summed E-state index contributed by atoms with van der Waals surface area (Å²) >= 11 is 4.55. The monoisotopic (exact) mass is 155 g/mol. The van der Waals surface area contributed by atoms with E-state index in [2.05, 4.69) is 36.2 Å². The van der Waals surface area contributed by atoms with E-state index in [1.54, 1.807) is 0 Å². The molecular formula is C8H13NS. The first-order chi connectivity index (χ1) is 4.64. The van der Waals surface area contributed by atoms with E-state index >= 15 is 0 Å². The lowest BCUT2D eigenvalue weighted by Gasteiger charge is -2.14. The molecule has 0 aromatic heterocycles. The van der Waals surface area contributed by atoms with Crippen molar-refractivity contribution >= 4 is 17.4 Å².